The number of benzene rings is 1. The summed E-state index contributed by atoms with van der Waals surface area (Å²) in [5.41, 5.74) is 5.44. The zero-order chi connectivity index (χ0) is 23.8. The fourth-order valence-corrected chi connectivity index (χ4v) is 4.04. The van der Waals surface area contributed by atoms with E-state index in [-0.39, 0.29) is 25.3 Å². The molecule has 0 aliphatic carbocycles. The monoisotopic (exact) mass is 453 g/mol. The molecule has 33 heavy (non-hydrogen) atoms. The van der Waals surface area contributed by atoms with Crippen LogP contribution in [0.25, 0.3) is 0 Å². The number of amides is 2. The van der Waals surface area contributed by atoms with Gasteiger partial charge in [0, 0.05) is 31.0 Å². The van der Waals surface area contributed by atoms with Gasteiger partial charge in [-0.2, -0.15) is 0 Å². The average Bonchev–Trinajstić information content (AvgIpc) is 2.80. The van der Waals surface area contributed by atoms with Gasteiger partial charge in [0.15, 0.2) is 0 Å². The van der Waals surface area contributed by atoms with Gasteiger partial charge >= 0.3 is 17.8 Å². The Morgan fingerprint density at radius 2 is 2.00 bits per heavy atom. The summed E-state index contributed by atoms with van der Waals surface area (Å²) in [5, 5.41) is 19.6. The Morgan fingerprint density at radius 1 is 1.24 bits per heavy atom. The molecule has 2 amide bonds. The number of carboxylic acids is 1. The van der Waals surface area contributed by atoms with E-state index >= 15 is 0 Å². The maximum absolute atomic E-state index is 12.7. The highest BCUT2D eigenvalue weighted by atomic mass is 16.5. The molecule has 1 aliphatic rings. The molecular weight excluding hydrogens is 426 g/mol. The zero-order valence-electron chi connectivity index (χ0n) is 18.1. The Labute approximate surface area is 191 Å². The summed E-state index contributed by atoms with van der Waals surface area (Å²) in [6.07, 6.45) is 4.27. The van der Waals surface area contributed by atoms with Crippen LogP contribution in [0.1, 0.15) is 36.8 Å². The lowest BCUT2D eigenvalue weighted by Gasteiger charge is -2.45. The van der Waals surface area contributed by atoms with Crippen LogP contribution in [0.2, 0.25) is 0 Å². The second-order valence-electron chi connectivity index (χ2n) is 7.80. The Morgan fingerprint density at radius 3 is 2.64 bits per heavy atom. The minimum absolute atomic E-state index is 0.0207. The van der Waals surface area contributed by atoms with Crippen molar-refractivity contribution in [3.63, 3.8) is 0 Å². The van der Waals surface area contributed by atoms with Gasteiger partial charge in [-0.1, -0.05) is 6.07 Å². The number of hydrogen-bond donors (Lipinski definition) is 4. The third-order valence-corrected chi connectivity index (χ3v) is 5.64. The fourth-order valence-electron chi connectivity index (χ4n) is 4.04. The molecule has 0 spiro atoms. The molecule has 0 saturated carbocycles. The number of nitrogen functional groups attached to an aromatic ring is 1. The van der Waals surface area contributed by atoms with Crippen LogP contribution in [0, 0.1) is 5.41 Å². The second kappa shape index (κ2) is 10.6. The summed E-state index contributed by atoms with van der Waals surface area (Å²) in [7, 11) is 0. The summed E-state index contributed by atoms with van der Waals surface area (Å²) in [5.74, 6) is -1.94. The fraction of sp³-hybridized carbons (Fsp3) is 0.348. The van der Waals surface area contributed by atoms with E-state index in [4.69, 9.17) is 15.9 Å². The van der Waals surface area contributed by atoms with E-state index in [1.165, 1.54) is 4.90 Å². The lowest BCUT2D eigenvalue weighted by Crippen LogP contribution is -2.60. The molecule has 2 aromatic rings. The van der Waals surface area contributed by atoms with Crippen LogP contribution in [-0.4, -0.2) is 58.3 Å². The van der Waals surface area contributed by atoms with Crippen LogP contribution < -0.4 is 15.8 Å². The number of carbonyl (C=O) groups excluding carboxylic acids is 2. The summed E-state index contributed by atoms with van der Waals surface area (Å²) in [6.45, 7) is 0.849. The number of aliphatic carboxylic acids is 1. The highest BCUT2D eigenvalue weighted by molar-refractivity contribution is 6.35. The molecule has 174 valence electrons. The summed E-state index contributed by atoms with van der Waals surface area (Å²) < 4.78 is 5.74. The number of nitrogens with one attached hydrogen (secondary N) is 2. The van der Waals surface area contributed by atoms with Gasteiger partial charge in [-0.15, -0.1) is 0 Å². The molecule has 1 aliphatic heterocycles. The molecule has 0 radical (unpaired) electrons. The summed E-state index contributed by atoms with van der Waals surface area (Å²) >= 11 is 0. The summed E-state index contributed by atoms with van der Waals surface area (Å²) in [6, 6.07) is 10.3. The van der Waals surface area contributed by atoms with E-state index in [1.807, 2.05) is 0 Å². The van der Waals surface area contributed by atoms with E-state index in [9.17, 15) is 19.5 Å². The van der Waals surface area contributed by atoms with Crippen LogP contribution >= 0.6 is 0 Å². The second-order valence-corrected chi connectivity index (χ2v) is 7.80. The lowest BCUT2D eigenvalue weighted by atomic mass is 9.80. The van der Waals surface area contributed by atoms with Crippen molar-refractivity contribution in [2.75, 3.05) is 19.7 Å². The number of ether oxygens (including phenoxy) is 1. The van der Waals surface area contributed by atoms with Crippen molar-refractivity contribution in [3.05, 3.63) is 59.9 Å². The smallest absolute Gasteiger partial charge is 0.312 e. The number of hydrogen-bond acceptors (Lipinski definition) is 6. The van der Waals surface area contributed by atoms with Crippen LogP contribution in [-0.2, 0) is 19.9 Å². The topological polar surface area (TPSA) is 159 Å². The first-order chi connectivity index (χ1) is 15.8. The molecule has 1 saturated heterocycles. The first-order valence-electron chi connectivity index (χ1n) is 10.6. The van der Waals surface area contributed by atoms with Gasteiger partial charge in [0.1, 0.15) is 11.6 Å². The molecular formula is C23H27N5O5. The van der Waals surface area contributed by atoms with Gasteiger partial charge in [-0.3, -0.25) is 24.8 Å². The van der Waals surface area contributed by atoms with Gasteiger partial charge in [0.05, 0.1) is 18.6 Å². The van der Waals surface area contributed by atoms with E-state index in [0.717, 1.165) is 0 Å². The molecule has 1 unspecified atom stereocenters. The number of piperazine rings is 1. The quantitative estimate of drug-likeness (QED) is 0.172. The Balaban J connectivity index is 1.73. The van der Waals surface area contributed by atoms with Gasteiger partial charge in [-0.05, 0) is 55.2 Å². The molecule has 2 heterocycles. The largest absolute Gasteiger partial charge is 0.494 e. The highest BCUT2D eigenvalue weighted by Crippen LogP contribution is 2.38. The van der Waals surface area contributed by atoms with Crippen LogP contribution in [0.5, 0.6) is 5.75 Å². The first kappa shape index (κ1) is 23.7. The number of rotatable bonds is 11. The predicted octanol–water partition coefficient (Wildman–Crippen LogP) is 1.24. The van der Waals surface area contributed by atoms with Gasteiger partial charge in [-0.25, -0.2) is 0 Å². The maximum Gasteiger partial charge on any atom is 0.312 e. The van der Waals surface area contributed by atoms with E-state index in [2.05, 4.69) is 10.3 Å². The molecule has 3 rings (SSSR count). The minimum atomic E-state index is -1.20. The van der Waals surface area contributed by atoms with Crippen molar-refractivity contribution in [2.45, 2.75) is 31.2 Å². The number of pyridine rings is 1. The Kier molecular flexibility index (Phi) is 7.60. The van der Waals surface area contributed by atoms with Crippen molar-refractivity contribution in [2.24, 2.45) is 5.73 Å². The van der Waals surface area contributed by atoms with Crippen molar-refractivity contribution < 1.29 is 24.2 Å². The normalized spacial score (nSPS) is 15.5. The van der Waals surface area contributed by atoms with E-state index in [0.29, 0.717) is 42.7 Å². The number of unbranched alkanes of at least 4 members (excludes halogenated alkanes) is 1. The van der Waals surface area contributed by atoms with Crippen LogP contribution in [0.4, 0.5) is 0 Å². The number of aromatic nitrogens is 1. The molecule has 0 bridgehead atoms. The summed E-state index contributed by atoms with van der Waals surface area (Å²) in [4.78, 5) is 42.1. The predicted molar refractivity (Wildman–Crippen MR) is 120 cm³/mol. The Bertz CT molecular complexity index is 1010. The Hall–Kier alpha value is -3.95. The average molecular weight is 453 g/mol. The molecule has 1 atom stereocenters. The maximum atomic E-state index is 12.7. The molecule has 1 fully saturated rings. The number of carbonyl (C=O) groups is 3. The highest BCUT2D eigenvalue weighted by Gasteiger charge is 2.46. The molecule has 1 aromatic heterocycles. The minimum Gasteiger partial charge on any atom is -0.494 e. The standard InChI is InChI=1S/C23H27N5O5/c24-20(25)16-5-7-18(8-6-16)33-13-2-1-9-23(14-19(29)30,17-4-3-10-26-15-17)28-12-11-27-21(31)22(28)32/h3-8,10,15H,1-2,9,11-14H2,(H3,24,25)(H,27,31)(H,29,30). The van der Waals surface area contributed by atoms with Crippen LogP contribution in [0.15, 0.2) is 48.8 Å². The van der Waals surface area contributed by atoms with Crippen LogP contribution in [0.3, 0.4) is 0 Å². The van der Waals surface area contributed by atoms with Crippen molar-refractivity contribution in [1.82, 2.24) is 15.2 Å². The van der Waals surface area contributed by atoms with E-state index < -0.39 is 23.3 Å². The molecule has 1 aromatic carbocycles. The lowest BCUT2D eigenvalue weighted by molar-refractivity contribution is -0.157. The number of amidine groups is 1. The third-order valence-electron chi connectivity index (χ3n) is 5.64. The first-order valence-corrected chi connectivity index (χ1v) is 10.6. The molecule has 10 heteroatoms. The molecule has 5 N–H and O–H groups in total. The van der Waals surface area contributed by atoms with Crippen molar-refractivity contribution in [1.29, 1.82) is 5.41 Å². The van der Waals surface area contributed by atoms with Gasteiger partial charge < -0.3 is 25.8 Å². The van der Waals surface area contributed by atoms with Gasteiger partial charge in [0.25, 0.3) is 0 Å². The van der Waals surface area contributed by atoms with Crippen molar-refractivity contribution >= 4 is 23.6 Å². The number of carboxylic acid groups (broad SMARTS) is 1. The zero-order valence-corrected chi connectivity index (χ0v) is 18.1. The van der Waals surface area contributed by atoms with E-state index in [1.54, 1.807) is 48.8 Å². The van der Waals surface area contributed by atoms with Gasteiger partial charge in [0.2, 0.25) is 0 Å². The number of nitrogens with two attached hydrogens (primary N) is 1. The SMILES string of the molecule is N=C(N)c1ccc(OCCCCC(CC(=O)O)(c2cccnc2)N2CCNC(=O)C2=O)cc1. The number of nitrogens with zero attached hydrogens (tertiary/aromatic N) is 2. The van der Waals surface area contributed by atoms with Crippen molar-refractivity contribution in [3.8, 4) is 5.75 Å². The molecule has 10 nitrogen and oxygen atoms in total. The third kappa shape index (κ3) is 5.65.